The fourth-order valence-corrected chi connectivity index (χ4v) is 7.52. The molecule has 2 fully saturated rings. The number of amides is 3. The van der Waals surface area contributed by atoms with Crippen LogP contribution in [0.1, 0.15) is 55.3 Å². The summed E-state index contributed by atoms with van der Waals surface area (Å²) in [6.45, 7) is -0.894. The van der Waals surface area contributed by atoms with Crippen molar-refractivity contribution < 1.29 is 67.5 Å². The summed E-state index contributed by atoms with van der Waals surface area (Å²) in [5.74, 6) is -9.64. The number of carboxylic acids is 4. The Morgan fingerprint density at radius 3 is 2.24 bits per heavy atom. The van der Waals surface area contributed by atoms with Gasteiger partial charge < -0.3 is 40.7 Å². The van der Waals surface area contributed by atoms with E-state index in [0.29, 0.717) is 29.5 Å². The maximum absolute atomic E-state index is 13.8. The van der Waals surface area contributed by atoms with Crippen LogP contribution in [0.5, 0.6) is 5.75 Å². The zero-order valence-electron chi connectivity index (χ0n) is 34.0. The lowest BCUT2D eigenvalue weighted by molar-refractivity contribution is -0.145. The van der Waals surface area contributed by atoms with E-state index >= 15 is 0 Å². The number of ether oxygens (including phenoxy) is 1. The number of hydrogen-bond donors (Lipinski definition) is 6. The number of benzene rings is 1. The maximum atomic E-state index is 13.8. The normalized spacial score (nSPS) is 19.6. The monoisotopic (exact) mass is 874 g/mol. The van der Waals surface area contributed by atoms with E-state index in [1.807, 2.05) is 0 Å². The van der Waals surface area contributed by atoms with Crippen molar-refractivity contribution in [2.24, 2.45) is 5.92 Å². The van der Waals surface area contributed by atoms with Gasteiger partial charge in [0.2, 0.25) is 11.8 Å². The lowest BCUT2D eigenvalue weighted by atomic mass is 9.96. The van der Waals surface area contributed by atoms with Crippen LogP contribution in [-0.4, -0.2) is 183 Å². The van der Waals surface area contributed by atoms with E-state index in [1.165, 1.54) is 12.3 Å². The number of aromatic nitrogens is 1. The number of carboxylic acid groups (broad SMARTS) is 4. The molecule has 3 heterocycles. The summed E-state index contributed by atoms with van der Waals surface area (Å²) in [7, 11) is 0. The van der Waals surface area contributed by atoms with Crippen LogP contribution in [0.2, 0.25) is 0 Å². The van der Waals surface area contributed by atoms with Gasteiger partial charge in [-0.25, -0.2) is 8.78 Å². The third kappa shape index (κ3) is 15.1. The Hall–Kier alpha value is -6.05. The first kappa shape index (κ1) is 48.6. The van der Waals surface area contributed by atoms with E-state index in [-0.39, 0.29) is 96.8 Å². The molecule has 2 aliphatic rings. The Morgan fingerprint density at radius 2 is 1.58 bits per heavy atom. The number of para-hydroxylation sites is 1. The molecule has 3 unspecified atom stereocenters. The van der Waals surface area contributed by atoms with Gasteiger partial charge >= 0.3 is 23.9 Å². The molecule has 0 bridgehead atoms. The fourth-order valence-electron chi connectivity index (χ4n) is 7.52. The average Bonchev–Trinajstić information content (AvgIpc) is 3.53. The van der Waals surface area contributed by atoms with Crippen LogP contribution in [0.3, 0.4) is 0 Å². The molecule has 22 heteroatoms. The number of nitriles is 1. The molecule has 3 atom stereocenters. The lowest BCUT2D eigenvalue weighted by Crippen LogP contribution is -2.49. The lowest BCUT2D eigenvalue weighted by Gasteiger charge is -2.34. The highest BCUT2D eigenvalue weighted by Gasteiger charge is 2.47. The van der Waals surface area contributed by atoms with E-state index in [0.717, 1.165) is 4.90 Å². The van der Waals surface area contributed by atoms with Crippen LogP contribution in [-0.2, 0) is 28.8 Å². The standard InChI is InChI=1S/C40H52F2N8O12/c41-40(42)20-27(21-43)50(25-40)33(52)22-46-38(59)29-7-11-45-37-28(29)3-1-4-31(37)62-18-2-10-44-32(51)6-5-30(39(60)61)49-13-9-26(19-34(53)54)8-12-47(23-35(55)56)14-15-48(16-17-49)24-36(57)58/h1,3-4,7,11,26-27,30H,2,5-6,8-10,12-20,22-25H2,(H,44,51)(H,46,59)(H,53,54)(H,55,56)(H,57,58)(H,60,61). The molecule has 0 spiro atoms. The number of pyridine rings is 1. The topological polar surface area (TPSA) is 283 Å². The van der Waals surface area contributed by atoms with Crippen LogP contribution in [0, 0.1) is 17.2 Å². The zero-order valence-corrected chi connectivity index (χ0v) is 34.0. The van der Waals surface area contributed by atoms with Crippen LogP contribution >= 0.6 is 0 Å². The van der Waals surface area contributed by atoms with Gasteiger partial charge in [-0.2, -0.15) is 5.26 Å². The first-order valence-corrected chi connectivity index (χ1v) is 20.2. The number of alkyl halides is 2. The third-order valence-electron chi connectivity index (χ3n) is 10.7. The third-order valence-corrected chi connectivity index (χ3v) is 10.7. The van der Waals surface area contributed by atoms with Crippen molar-refractivity contribution >= 4 is 52.5 Å². The first-order valence-electron chi connectivity index (χ1n) is 20.2. The number of fused-ring (bicyclic) bond motifs is 1. The fraction of sp³-hybridized carbons (Fsp3) is 0.575. The molecule has 4 rings (SSSR count). The summed E-state index contributed by atoms with van der Waals surface area (Å²) in [6, 6.07) is 5.51. The molecule has 1 aromatic heterocycles. The number of carbonyl (C=O) groups excluding carboxylic acids is 3. The molecule has 0 radical (unpaired) electrons. The molecule has 2 saturated heterocycles. The molecule has 1 aromatic carbocycles. The summed E-state index contributed by atoms with van der Waals surface area (Å²) in [5.41, 5.74) is 0.458. The molecule has 62 heavy (non-hydrogen) atoms. The van der Waals surface area contributed by atoms with Gasteiger partial charge in [0.1, 0.15) is 23.3 Å². The Balaban J connectivity index is 1.30. The van der Waals surface area contributed by atoms with E-state index in [1.54, 1.807) is 39.0 Å². The summed E-state index contributed by atoms with van der Waals surface area (Å²) in [6.07, 6.45) is 1.05. The van der Waals surface area contributed by atoms with Crippen LogP contribution in [0.4, 0.5) is 8.78 Å². The molecule has 3 amide bonds. The van der Waals surface area contributed by atoms with Gasteiger partial charge in [0.05, 0.1) is 44.4 Å². The second kappa shape index (κ2) is 23.2. The van der Waals surface area contributed by atoms with Gasteiger partial charge in [-0.05, 0) is 56.8 Å². The number of carbonyl (C=O) groups is 7. The predicted molar refractivity (Wildman–Crippen MR) is 213 cm³/mol. The van der Waals surface area contributed by atoms with E-state index < -0.39 is 85.0 Å². The van der Waals surface area contributed by atoms with Crippen molar-refractivity contribution in [3.63, 3.8) is 0 Å². The van der Waals surface area contributed by atoms with E-state index in [9.17, 15) is 68.0 Å². The number of likely N-dealkylation sites (tertiary alicyclic amines) is 1. The molecule has 2 aromatic rings. The summed E-state index contributed by atoms with van der Waals surface area (Å²) in [4.78, 5) is 95.7. The zero-order chi connectivity index (χ0) is 45.4. The Labute approximate surface area is 355 Å². The average molecular weight is 875 g/mol. The minimum Gasteiger partial charge on any atom is -0.491 e. The minimum absolute atomic E-state index is 0.0904. The summed E-state index contributed by atoms with van der Waals surface area (Å²) < 4.78 is 33.5. The molecular weight excluding hydrogens is 822 g/mol. The number of nitrogens with zero attached hydrogens (tertiary/aromatic N) is 6. The van der Waals surface area contributed by atoms with Crippen molar-refractivity contribution in [2.45, 2.75) is 63.0 Å². The molecule has 0 saturated carbocycles. The number of nitrogens with one attached hydrogen (secondary N) is 2. The number of aliphatic carboxylic acids is 4. The van der Waals surface area contributed by atoms with Gasteiger partial charge in [0.25, 0.3) is 11.8 Å². The van der Waals surface area contributed by atoms with Crippen LogP contribution in [0.15, 0.2) is 30.5 Å². The molecule has 20 nitrogen and oxygen atoms in total. The van der Waals surface area contributed by atoms with Gasteiger partial charge in [-0.15, -0.1) is 0 Å². The predicted octanol–water partition coefficient (Wildman–Crippen LogP) is 0.803. The Kier molecular flexibility index (Phi) is 18.2. The van der Waals surface area contributed by atoms with Crippen LogP contribution in [0.25, 0.3) is 10.9 Å². The Bertz CT molecular complexity index is 1950. The SMILES string of the molecule is N#CC1CC(F)(F)CN1C(=O)CNC(=O)c1ccnc2c(OCCCNC(=O)CCC(C(=O)O)N3CCC(CC(=O)O)CCN(CC(=O)O)CCN(CC(=O)O)CC3)cccc12. The van der Waals surface area contributed by atoms with E-state index in [4.69, 9.17) is 4.74 Å². The van der Waals surface area contributed by atoms with E-state index in [2.05, 4.69) is 15.6 Å². The number of halogens is 2. The van der Waals surface area contributed by atoms with Crippen molar-refractivity contribution in [1.82, 2.24) is 35.2 Å². The van der Waals surface area contributed by atoms with Gasteiger partial charge in [-0.3, -0.25) is 53.2 Å². The number of hydrogen-bond acceptors (Lipinski definition) is 13. The second-order valence-electron chi connectivity index (χ2n) is 15.3. The van der Waals surface area contributed by atoms with Gasteiger partial charge in [0.15, 0.2) is 0 Å². The van der Waals surface area contributed by atoms with Crippen LogP contribution < -0.4 is 15.4 Å². The summed E-state index contributed by atoms with van der Waals surface area (Å²) >= 11 is 0. The molecule has 6 N–H and O–H groups in total. The molecule has 338 valence electrons. The molecule has 2 aliphatic heterocycles. The Morgan fingerprint density at radius 1 is 0.903 bits per heavy atom. The van der Waals surface area contributed by atoms with Crippen molar-refractivity contribution in [3.8, 4) is 11.8 Å². The second-order valence-corrected chi connectivity index (χ2v) is 15.3. The smallest absolute Gasteiger partial charge is 0.320 e. The largest absolute Gasteiger partial charge is 0.491 e. The quantitative estimate of drug-likeness (QED) is 0.107. The highest BCUT2D eigenvalue weighted by Crippen LogP contribution is 2.32. The highest BCUT2D eigenvalue weighted by atomic mass is 19.3. The number of rotatable bonds is 19. The highest BCUT2D eigenvalue weighted by molar-refractivity contribution is 6.08. The van der Waals surface area contributed by atoms with Crippen molar-refractivity contribution in [3.05, 3.63) is 36.0 Å². The van der Waals surface area contributed by atoms with Gasteiger partial charge in [0, 0.05) is 63.6 Å². The van der Waals surface area contributed by atoms with Crippen molar-refractivity contribution in [1.29, 1.82) is 5.26 Å². The first-order chi connectivity index (χ1) is 29.5. The molecular formula is C40H52F2N8O12. The van der Waals surface area contributed by atoms with Gasteiger partial charge in [-0.1, -0.05) is 12.1 Å². The van der Waals surface area contributed by atoms with Crippen molar-refractivity contribution in [2.75, 3.05) is 78.6 Å². The molecule has 0 aliphatic carbocycles. The summed E-state index contributed by atoms with van der Waals surface area (Å²) in [5, 5.41) is 53.3. The minimum atomic E-state index is -3.20. The maximum Gasteiger partial charge on any atom is 0.320 e.